The van der Waals surface area contributed by atoms with Crippen LogP contribution in [0.5, 0.6) is 0 Å². The van der Waals surface area contributed by atoms with Crippen molar-refractivity contribution in [3.8, 4) is 0 Å². The van der Waals surface area contributed by atoms with Crippen LogP contribution in [-0.4, -0.2) is 12.6 Å². The molecule has 2 nitrogen and oxygen atoms in total. The van der Waals surface area contributed by atoms with E-state index in [1.165, 1.54) is 27.4 Å². The van der Waals surface area contributed by atoms with E-state index in [-0.39, 0.29) is 0 Å². The molecule has 0 saturated heterocycles. The molecule has 1 aliphatic heterocycles. The summed E-state index contributed by atoms with van der Waals surface area (Å²) in [5.41, 5.74) is 2.91. The van der Waals surface area contributed by atoms with Crippen LogP contribution in [0.2, 0.25) is 0 Å². The van der Waals surface area contributed by atoms with Crippen LogP contribution in [0, 0.1) is 0 Å². The van der Waals surface area contributed by atoms with Crippen molar-refractivity contribution in [3.05, 3.63) is 51.7 Å². The van der Waals surface area contributed by atoms with E-state index in [1.54, 1.807) is 0 Å². The van der Waals surface area contributed by atoms with Gasteiger partial charge in [-0.2, -0.15) is 0 Å². The van der Waals surface area contributed by atoms with Crippen LogP contribution >= 0.6 is 11.3 Å². The van der Waals surface area contributed by atoms with Gasteiger partial charge in [-0.25, -0.2) is 0 Å². The number of hydrogen-bond donors (Lipinski definition) is 1. The number of benzene rings is 1. The maximum Gasteiger partial charge on any atom is 0.0526 e. The third-order valence-corrected chi connectivity index (χ3v) is 5.01. The average Bonchev–Trinajstić information content (AvgIpc) is 3.02. The number of fused-ring (bicyclic) bond motifs is 1. The van der Waals surface area contributed by atoms with Crippen LogP contribution in [0.3, 0.4) is 0 Å². The lowest BCUT2D eigenvalue weighted by Crippen LogP contribution is -2.28. The molecule has 3 heteroatoms. The zero-order valence-electron chi connectivity index (χ0n) is 12.2. The molecule has 0 bridgehead atoms. The fraction of sp³-hybridized carbons (Fsp3) is 0.412. The minimum atomic E-state index is 0.603. The molecule has 1 atom stereocenters. The SMILES string of the molecule is CCNCc1ccc(CN2c3ccccc3CC2C)s1. The second kappa shape index (κ2) is 5.98. The van der Waals surface area contributed by atoms with Gasteiger partial charge in [0, 0.05) is 28.0 Å². The molecule has 3 rings (SSSR count). The van der Waals surface area contributed by atoms with Crippen molar-refractivity contribution in [1.29, 1.82) is 0 Å². The van der Waals surface area contributed by atoms with E-state index >= 15 is 0 Å². The predicted octanol–water partition coefficient (Wildman–Crippen LogP) is 3.81. The molecule has 1 aromatic heterocycles. The van der Waals surface area contributed by atoms with E-state index in [9.17, 15) is 0 Å². The van der Waals surface area contributed by atoms with E-state index in [1.807, 2.05) is 11.3 Å². The predicted molar refractivity (Wildman–Crippen MR) is 87.5 cm³/mol. The van der Waals surface area contributed by atoms with Gasteiger partial charge in [0.15, 0.2) is 0 Å². The topological polar surface area (TPSA) is 15.3 Å². The van der Waals surface area contributed by atoms with Crippen molar-refractivity contribution >= 4 is 17.0 Å². The molecule has 0 saturated carbocycles. The first-order chi connectivity index (χ1) is 9.78. The molecule has 0 fully saturated rings. The Morgan fingerprint density at radius 3 is 2.85 bits per heavy atom. The molecule has 1 unspecified atom stereocenters. The summed E-state index contributed by atoms with van der Waals surface area (Å²) in [6.07, 6.45) is 1.17. The lowest BCUT2D eigenvalue weighted by atomic mass is 10.1. The van der Waals surface area contributed by atoms with Crippen LogP contribution in [-0.2, 0) is 19.5 Å². The van der Waals surface area contributed by atoms with Gasteiger partial charge >= 0.3 is 0 Å². The summed E-state index contributed by atoms with van der Waals surface area (Å²) >= 11 is 1.93. The summed E-state index contributed by atoms with van der Waals surface area (Å²) < 4.78 is 0. The number of hydrogen-bond acceptors (Lipinski definition) is 3. The first-order valence-electron chi connectivity index (χ1n) is 7.40. The number of thiophene rings is 1. The first-order valence-corrected chi connectivity index (χ1v) is 8.22. The number of nitrogens with zero attached hydrogens (tertiary/aromatic N) is 1. The number of rotatable bonds is 5. The van der Waals surface area contributed by atoms with Crippen molar-refractivity contribution in [2.75, 3.05) is 11.4 Å². The summed E-state index contributed by atoms with van der Waals surface area (Å²) in [7, 11) is 0. The Balaban J connectivity index is 1.73. The fourth-order valence-corrected chi connectivity index (χ4v) is 3.88. The number of para-hydroxylation sites is 1. The molecule has 106 valence electrons. The average molecular weight is 286 g/mol. The molecular weight excluding hydrogens is 264 g/mol. The molecule has 2 aromatic rings. The number of nitrogens with one attached hydrogen (secondary N) is 1. The number of anilines is 1. The summed E-state index contributed by atoms with van der Waals surface area (Å²) in [5, 5.41) is 3.39. The van der Waals surface area contributed by atoms with Gasteiger partial charge in [0.1, 0.15) is 0 Å². The fourth-order valence-electron chi connectivity index (χ4n) is 2.89. The normalized spacial score (nSPS) is 17.5. The van der Waals surface area contributed by atoms with E-state index in [2.05, 4.69) is 60.5 Å². The summed E-state index contributed by atoms with van der Waals surface area (Å²) in [5.74, 6) is 0. The van der Waals surface area contributed by atoms with E-state index in [0.717, 1.165) is 19.6 Å². The molecular formula is C17H22N2S. The quantitative estimate of drug-likeness (QED) is 0.899. The van der Waals surface area contributed by atoms with Crippen LogP contribution in [0.1, 0.15) is 29.2 Å². The van der Waals surface area contributed by atoms with Crippen LogP contribution in [0.4, 0.5) is 5.69 Å². The Morgan fingerprint density at radius 2 is 2.00 bits per heavy atom. The second-order valence-electron chi connectivity index (χ2n) is 5.46. The zero-order valence-corrected chi connectivity index (χ0v) is 13.0. The summed E-state index contributed by atoms with van der Waals surface area (Å²) in [6.45, 7) is 7.54. The third-order valence-electron chi connectivity index (χ3n) is 3.94. The molecule has 1 aliphatic rings. The Morgan fingerprint density at radius 1 is 1.20 bits per heavy atom. The highest BCUT2D eigenvalue weighted by Crippen LogP contribution is 2.34. The van der Waals surface area contributed by atoms with E-state index in [4.69, 9.17) is 0 Å². The first kappa shape index (κ1) is 13.7. The van der Waals surface area contributed by atoms with Crippen molar-refractivity contribution in [1.82, 2.24) is 5.32 Å². The maximum absolute atomic E-state index is 3.39. The molecule has 1 aromatic carbocycles. The highest BCUT2D eigenvalue weighted by Gasteiger charge is 2.25. The van der Waals surface area contributed by atoms with E-state index in [0.29, 0.717) is 6.04 Å². The molecule has 0 aliphatic carbocycles. The van der Waals surface area contributed by atoms with Gasteiger partial charge in [0.2, 0.25) is 0 Å². The molecule has 0 spiro atoms. The molecule has 0 amide bonds. The molecule has 20 heavy (non-hydrogen) atoms. The van der Waals surface area contributed by atoms with E-state index < -0.39 is 0 Å². The zero-order chi connectivity index (χ0) is 13.9. The minimum absolute atomic E-state index is 0.603. The Bertz CT molecular complexity index is 576. The molecule has 2 heterocycles. The monoisotopic (exact) mass is 286 g/mol. The summed E-state index contributed by atoms with van der Waals surface area (Å²) in [6, 6.07) is 14.0. The lowest BCUT2D eigenvalue weighted by Gasteiger charge is -2.24. The van der Waals surface area contributed by atoms with Gasteiger partial charge in [-0.3, -0.25) is 0 Å². The lowest BCUT2D eigenvalue weighted by molar-refractivity contribution is 0.676. The molecule has 1 N–H and O–H groups in total. The van der Waals surface area contributed by atoms with Gasteiger partial charge in [0.25, 0.3) is 0 Å². The van der Waals surface area contributed by atoms with Crippen LogP contribution in [0.15, 0.2) is 36.4 Å². The van der Waals surface area contributed by atoms with Crippen molar-refractivity contribution in [2.45, 2.75) is 39.4 Å². The van der Waals surface area contributed by atoms with Gasteiger partial charge in [0.05, 0.1) is 6.54 Å². The van der Waals surface area contributed by atoms with Gasteiger partial charge in [-0.15, -0.1) is 11.3 Å². The van der Waals surface area contributed by atoms with Gasteiger partial charge in [-0.1, -0.05) is 25.1 Å². The van der Waals surface area contributed by atoms with Crippen molar-refractivity contribution in [2.24, 2.45) is 0 Å². The Hall–Kier alpha value is -1.32. The summed E-state index contributed by atoms with van der Waals surface area (Å²) in [4.78, 5) is 5.43. The highest BCUT2D eigenvalue weighted by atomic mass is 32.1. The van der Waals surface area contributed by atoms with Gasteiger partial charge in [-0.05, 0) is 43.7 Å². The molecule has 0 radical (unpaired) electrons. The minimum Gasteiger partial charge on any atom is -0.363 e. The highest BCUT2D eigenvalue weighted by molar-refractivity contribution is 7.12. The third kappa shape index (κ3) is 2.74. The Kier molecular flexibility index (Phi) is 4.08. The van der Waals surface area contributed by atoms with Crippen LogP contribution < -0.4 is 10.2 Å². The van der Waals surface area contributed by atoms with Crippen LogP contribution in [0.25, 0.3) is 0 Å². The second-order valence-corrected chi connectivity index (χ2v) is 6.71. The smallest absolute Gasteiger partial charge is 0.0526 e. The van der Waals surface area contributed by atoms with Gasteiger partial charge < -0.3 is 10.2 Å². The van der Waals surface area contributed by atoms with Crippen molar-refractivity contribution < 1.29 is 0 Å². The van der Waals surface area contributed by atoms with Crippen molar-refractivity contribution in [3.63, 3.8) is 0 Å². The Labute approximate surface area is 125 Å². The maximum atomic E-state index is 3.39. The standard InChI is InChI=1S/C17H22N2S/c1-3-18-11-15-8-9-16(20-15)12-19-13(2)10-14-6-4-5-7-17(14)19/h4-9,13,18H,3,10-12H2,1-2H3. The largest absolute Gasteiger partial charge is 0.363 e.